The summed E-state index contributed by atoms with van der Waals surface area (Å²) in [5.41, 5.74) is 1.73. The minimum atomic E-state index is -0.351. The highest BCUT2D eigenvalue weighted by molar-refractivity contribution is 7.98. The number of hydrogen-bond acceptors (Lipinski definition) is 4. The van der Waals surface area contributed by atoms with Crippen molar-refractivity contribution in [2.24, 2.45) is 0 Å². The number of phenols is 1. The van der Waals surface area contributed by atoms with E-state index in [9.17, 15) is 14.7 Å². The minimum absolute atomic E-state index is 0.0551. The first kappa shape index (κ1) is 15.6. The highest BCUT2D eigenvalue weighted by atomic mass is 32.2. The molecule has 0 bridgehead atoms. The molecule has 0 fully saturated rings. The van der Waals surface area contributed by atoms with Crippen molar-refractivity contribution in [3.63, 3.8) is 0 Å². The standard InChI is InChI=1S/C18H17NO3S/c1-18(2,3)11-8-9-14(20)15(10-11)23-19-16(21)12-6-4-5-7-13(12)17(19)22/h4-10,20H,1-3H3. The third kappa shape index (κ3) is 2.72. The van der Waals surface area contributed by atoms with Crippen molar-refractivity contribution in [1.82, 2.24) is 4.31 Å². The van der Waals surface area contributed by atoms with Crippen molar-refractivity contribution in [2.45, 2.75) is 31.1 Å². The van der Waals surface area contributed by atoms with Gasteiger partial charge in [0.15, 0.2) is 0 Å². The number of phenolic OH excluding ortho intramolecular Hbond substituents is 1. The fourth-order valence-corrected chi connectivity index (χ4v) is 3.30. The van der Waals surface area contributed by atoms with Gasteiger partial charge in [0, 0.05) is 11.9 Å². The molecule has 1 aliphatic heterocycles. The Morgan fingerprint density at radius 1 is 0.957 bits per heavy atom. The zero-order valence-electron chi connectivity index (χ0n) is 13.2. The van der Waals surface area contributed by atoms with Gasteiger partial charge in [0.05, 0.1) is 16.0 Å². The van der Waals surface area contributed by atoms with Crippen molar-refractivity contribution in [3.8, 4) is 5.75 Å². The van der Waals surface area contributed by atoms with E-state index < -0.39 is 0 Å². The van der Waals surface area contributed by atoms with E-state index in [1.807, 2.05) is 12.1 Å². The lowest BCUT2D eigenvalue weighted by atomic mass is 9.87. The Hall–Kier alpha value is -2.27. The molecular formula is C18H17NO3S. The molecule has 1 N–H and O–H groups in total. The number of benzene rings is 2. The molecule has 2 aromatic carbocycles. The first-order valence-electron chi connectivity index (χ1n) is 7.28. The largest absolute Gasteiger partial charge is 0.507 e. The third-order valence-electron chi connectivity index (χ3n) is 3.77. The fourth-order valence-electron chi connectivity index (χ4n) is 2.40. The second-order valence-corrected chi connectivity index (χ2v) is 7.46. The molecule has 4 nitrogen and oxygen atoms in total. The minimum Gasteiger partial charge on any atom is -0.507 e. The monoisotopic (exact) mass is 327 g/mol. The van der Waals surface area contributed by atoms with Crippen LogP contribution >= 0.6 is 11.9 Å². The van der Waals surface area contributed by atoms with Gasteiger partial charge in [-0.3, -0.25) is 9.59 Å². The van der Waals surface area contributed by atoms with E-state index in [0.717, 1.165) is 21.8 Å². The van der Waals surface area contributed by atoms with Gasteiger partial charge in [-0.15, -0.1) is 0 Å². The fraction of sp³-hybridized carbons (Fsp3) is 0.222. The Bertz CT molecular complexity index is 773. The third-order valence-corrected chi connectivity index (χ3v) is 4.81. The molecule has 1 heterocycles. The number of nitrogens with zero attached hydrogens (tertiary/aromatic N) is 1. The summed E-state index contributed by atoms with van der Waals surface area (Å²) in [5, 5.41) is 10.1. The van der Waals surface area contributed by atoms with E-state index in [4.69, 9.17) is 0 Å². The Balaban J connectivity index is 1.95. The number of carbonyl (C=O) groups is 2. The van der Waals surface area contributed by atoms with Crippen LogP contribution in [0.5, 0.6) is 5.75 Å². The smallest absolute Gasteiger partial charge is 0.272 e. The lowest BCUT2D eigenvalue weighted by molar-refractivity contribution is 0.0777. The van der Waals surface area contributed by atoms with Crippen LogP contribution in [0.2, 0.25) is 0 Å². The highest BCUT2D eigenvalue weighted by Crippen LogP contribution is 2.38. The number of rotatable bonds is 2. The zero-order chi connectivity index (χ0) is 16.8. The van der Waals surface area contributed by atoms with Gasteiger partial charge in [-0.1, -0.05) is 39.0 Å². The van der Waals surface area contributed by atoms with Crippen LogP contribution in [0.1, 0.15) is 47.1 Å². The molecule has 0 spiro atoms. The molecule has 0 atom stereocenters. The number of hydrogen-bond donors (Lipinski definition) is 1. The molecule has 5 heteroatoms. The predicted molar refractivity (Wildman–Crippen MR) is 89.6 cm³/mol. The van der Waals surface area contributed by atoms with Crippen molar-refractivity contribution >= 4 is 23.8 Å². The van der Waals surface area contributed by atoms with Gasteiger partial charge in [-0.05, 0) is 35.2 Å². The van der Waals surface area contributed by atoms with Crippen molar-refractivity contribution in [3.05, 3.63) is 59.2 Å². The maximum Gasteiger partial charge on any atom is 0.272 e. The van der Waals surface area contributed by atoms with Crippen LogP contribution in [0.3, 0.4) is 0 Å². The molecule has 0 radical (unpaired) electrons. The van der Waals surface area contributed by atoms with Crippen molar-refractivity contribution < 1.29 is 14.7 Å². The second-order valence-electron chi connectivity index (χ2n) is 6.47. The molecule has 0 aliphatic carbocycles. The molecule has 0 saturated carbocycles. The average Bonchev–Trinajstić information content (AvgIpc) is 2.74. The Labute approximate surface area is 139 Å². The van der Waals surface area contributed by atoms with Gasteiger partial charge in [-0.25, -0.2) is 4.31 Å². The van der Waals surface area contributed by atoms with Crippen LogP contribution in [0.4, 0.5) is 0 Å². The average molecular weight is 327 g/mol. The summed E-state index contributed by atoms with van der Waals surface area (Å²) in [6, 6.07) is 12.0. The lowest BCUT2D eigenvalue weighted by Gasteiger charge is -2.21. The van der Waals surface area contributed by atoms with E-state index >= 15 is 0 Å². The van der Waals surface area contributed by atoms with Crippen LogP contribution in [-0.4, -0.2) is 21.2 Å². The topological polar surface area (TPSA) is 57.6 Å². The van der Waals surface area contributed by atoms with Gasteiger partial charge >= 0.3 is 0 Å². The molecule has 0 aromatic heterocycles. The molecule has 0 unspecified atom stereocenters. The number of imide groups is 1. The molecule has 118 valence electrons. The molecule has 2 aromatic rings. The van der Waals surface area contributed by atoms with Gasteiger partial charge in [0.25, 0.3) is 11.8 Å². The van der Waals surface area contributed by atoms with Crippen LogP contribution in [0.15, 0.2) is 47.4 Å². The van der Waals surface area contributed by atoms with E-state index in [1.54, 1.807) is 30.3 Å². The number of fused-ring (bicyclic) bond motifs is 1. The normalized spacial score (nSPS) is 14.3. The van der Waals surface area contributed by atoms with E-state index in [0.29, 0.717) is 16.0 Å². The zero-order valence-corrected chi connectivity index (χ0v) is 14.0. The van der Waals surface area contributed by atoms with Crippen LogP contribution in [0, 0.1) is 0 Å². The number of amides is 2. The maximum absolute atomic E-state index is 12.4. The second kappa shape index (κ2) is 5.42. The SMILES string of the molecule is CC(C)(C)c1ccc(O)c(SN2C(=O)c3ccccc3C2=O)c1. The first-order valence-corrected chi connectivity index (χ1v) is 8.05. The summed E-state index contributed by atoms with van der Waals surface area (Å²) in [7, 11) is 0. The Morgan fingerprint density at radius 2 is 1.52 bits per heavy atom. The lowest BCUT2D eigenvalue weighted by Crippen LogP contribution is -2.22. The summed E-state index contributed by atoms with van der Waals surface area (Å²) in [6.45, 7) is 6.20. The molecule has 2 amide bonds. The summed E-state index contributed by atoms with van der Waals surface area (Å²) in [4.78, 5) is 25.3. The Kier molecular flexibility index (Phi) is 3.68. The molecule has 3 rings (SSSR count). The highest BCUT2D eigenvalue weighted by Gasteiger charge is 2.36. The quantitative estimate of drug-likeness (QED) is 0.669. The van der Waals surface area contributed by atoms with Crippen molar-refractivity contribution in [1.29, 1.82) is 0 Å². The Morgan fingerprint density at radius 3 is 2.04 bits per heavy atom. The van der Waals surface area contributed by atoms with Gasteiger partial charge in [-0.2, -0.15) is 0 Å². The predicted octanol–water partition coefficient (Wildman–Crippen LogP) is 3.99. The number of carbonyl (C=O) groups excluding carboxylic acids is 2. The summed E-state index contributed by atoms with van der Waals surface area (Å²) < 4.78 is 1.10. The van der Waals surface area contributed by atoms with Crippen LogP contribution in [-0.2, 0) is 5.41 Å². The molecule has 1 aliphatic rings. The van der Waals surface area contributed by atoms with E-state index in [2.05, 4.69) is 20.8 Å². The van der Waals surface area contributed by atoms with Gasteiger partial charge in [0.1, 0.15) is 5.75 Å². The molecule has 0 saturated heterocycles. The summed E-state index contributed by atoms with van der Waals surface area (Å²) >= 11 is 0.965. The van der Waals surface area contributed by atoms with E-state index in [-0.39, 0.29) is 23.0 Å². The molecular weight excluding hydrogens is 310 g/mol. The maximum atomic E-state index is 12.4. The van der Waals surface area contributed by atoms with Gasteiger partial charge in [0.2, 0.25) is 0 Å². The van der Waals surface area contributed by atoms with Crippen LogP contribution < -0.4 is 0 Å². The van der Waals surface area contributed by atoms with Crippen molar-refractivity contribution in [2.75, 3.05) is 0 Å². The van der Waals surface area contributed by atoms with Crippen LogP contribution in [0.25, 0.3) is 0 Å². The van der Waals surface area contributed by atoms with E-state index in [1.165, 1.54) is 0 Å². The first-order chi connectivity index (χ1) is 10.8. The summed E-state index contributed by atoms with van der Waals surface area (Å²) in [5.74, 6) is -0.646. The number of aromatic hydroxyl groups is 1. The summed E-state index contributed by atoms with van der Waals surface area (Å²) in [6.07, 6.45) is 0. The van der Waals surface area contributed by atoms with Gasteiger partial charge < -0.3 is 5.11 Å². The molecule has 23 heavy (non-hydrogen) atoms.